The van der Waals surface area contributed by atoms with Crippen LogP contribution in [0, 0.1) is 28.6 Å². The fraction of sp³-hybridized carbons (Fsp3) is 0.583. The summed E-state index contributed by atoms with van der Waals surface area (Å²) >= 11 is 0. The highest BCUT2D eigenvalue weighted by atomic mass is 16.5. The Morgan fingerprint density at radius 3 is 2.43 bits per heavy atom. The van der Waals surface area contributed by atoms with E-state index in [0.29, 0.717) is 12.3 Å². The molecule has 2 saturated carbocycles. The van der Waals surface area contributed by atoms with Crippen LogP contribution in [0.15, 0.2) is 36.4 Å². The van der Waals surface area contributed by atoms with E-state index in [1.807, 2.05) is 37.3 Å². The van der Waals surface area contributed by atoms with Crippen molar-refractivity contribution in [3.05, 3.63) is 42.0 Å². The lowest BCUT2D eigenvalue weighted by atomic mass is 9.57. The third-order valence-electron chi connectivity index (χ3n) is 7.26. The number of carboxylic acid groups (broad SMARTS) is 1. The number of aliphatic carboxylic acids is 1. The molecule has 0 aromatic heterocycles. The summed E-state index contributed by atoms with van der Waals surface area (Å²) in [6.07, 6.45) is 6.33. The van der Waals surface area contributed by atoms with Gasteiger partial charge in [-0.1, -0.05) is 51.1 Å². The van der Waals surface area contributed by atoms with E-state index >= 15 is 0 Å². The number of esters is 1. The SMILES string of the molecule is CC(C)C1CCC2(C)CCC(C)(C(=O)O)C2C1OC(=O)C=Cc1ccccc1. The molecule has 0 aliphatic heterocycles. The molecule has 0 bridgehead atoms. The van der Waals surface area contributed by atoms with Gasteiger partial charge in [0.05, 0.1) is 5.41 Å². The monoisotopic (exact) mass is 384 g/mol. The van der Waals surface area contributed by atoms with Crippen LogP contribution in [0.1, 0.15) is 58.9 Å². The number of carboxylic acids is 1. The van der Waals surface area contributed by atoms with E-state index in [1.165, 1.54) is 6.08 Å². The Hall–Kier alpha value is -2.10. The van der Waals surface area contributed by atoms with Crippen molar-refractivity contribution in [2.45, 2.75) is 59.5 Å². The highest BCUT2D eigenvalue weighted by Gasteiger charge is 2.63. The molecule has 28 heavy (non-hydrogen) atoms. The van der Waals surface area contributed by atoms with Crippen LogP contribution in [0.5, 0.6) is 0 Å². The van der Waals surface area contributed by atoms with E-state index in [-0.39, 0.29) is 29.3 Å². The van der Waals surface area contributed by atoms with E-state index in [4.69, 9.17) is 4.74 Å². The molecule has 2 aliphatic rings. The van der Waals surface area contributed by atoms with Crippen LogP contribution >= 0.6 is 0 Å². The molecule has 1 aromatic rings. The van der Waals surface area contributed by atoms with Gasteiger partial charge in [0, 0.05) is 12.0 Å². The molecule has 2 fully saturated rings. The zero-order valence-corrected chi connectivity index (χ0v) is 17.4. The van der Waals surface area contributed by atoms with Gasteiger partial charge in [0.25, 0.3) is 0 Å². The maximum Gasteiger partial charge on any atom is 0.331 e. The second kappa shape index (κ2) is 7.73. The Kier molecular flexibility index (Phi) is 5.69. The fourth-order valence-corrected chi connectivity index (χ4v) is 5.58. The average Bonchev–Trinajstić information content (AvgIpc) is 2.94. The minimum absolute atomic E-state index is 0.0907. The van der Waals surface area contributed by atoms with Crippen molar-refractivity contribution in [1.29, 1.82) is 0 Å². The molecule has 152 valence electrons. The van der Waals surface area contributed by atoms with Crippen molar-refractivity contribution in [1.82, 2.24) is 0 Å². The van der Waals surface area contributed by atoms with Gasteiger partial charge >= 0.3 is 11.9 Å². The Labute approximate surface area is 168 Å². The van der Waals surface area contributed by atoms with Gasteiger partial charge in [-0.2, -0.15) is 0 Å². The minimum atomic E-state index is -0.851. The third-order valence-corrected chi connectivity index (χ3v) is 7.26. The summed E-state index contributed by atoms with van der Waals surface area (Å²) in [6, 6.07) is 9.62. The lowest BCUT2D eigenvalue weighted by Gasteiger charge is -2.50. The van der Waals surface area contributed by atoms with Crippen LogP contribution in [0.3, 0.4) is 0 Å². The smallest absolute Gasteiger partial charge is 0.331 e. The molecule has 0 heterocycles. The first-order chi connectivity index (χ1) is 13.2. The largest absolute Gasteiger partial charge is 0.481 e. The summed E-state index contributed by atoms with van der Waals surface area (Å²) < 4.78 is 6.02. The number of carbonyl (C=O) groups is 2. The van der Waals surface area contributed by atoms with E-state index in [1.54, 1.807) is 6.08 Å². The van der Waals surface area contributed by atoms with Gasteiger partial charge in [0.15, 0.2) is 0 Å². The summed E-state index contributed by atoms with van der Waals surface area (Å²) in [5.74, 6) is -0.800. The molecular weight excluding hydrogens is 352 g/mol. The lowest BCUT2D eigenvalue weighted by Crippen LogP contribution is -2.53. The zero-order chi connectivity index (χ0) is 20.5. The van der Waals surface area contributed by atoms with E-state index < -0.39 is 11.4 Å². The first-order valence-electron chi connectivity index (χ1n) is 10.3. The standard InChI is InChI=1S/C24H32O4/c1-16(2)18-12-13-23(3)14-15-24(4,22(26)27)21(23)20(18)28-19(25)11-10-17-8-6-5-7-9-17/h5-11,16,18,20-21H,12-15H2,1-4H3,(H,26,27). The van der Waals surface area contributed by atoms with Crippen molar-refractivity contribution >= 4 is 18.0 Å². The van der Waals surface area contributed by atoms with E-state index in [0.717, 1.165) is 24.8 Å². The number of rotatable bonds is 5. The predicted molar refractivity (Wildman–Crippen MR) is 109 cm³/mol. The van der Waals surface area contributed by atoms with E-state index in [9.17, 15) is 14.7 Å². The Morgan fingerprint density at radius 2 is 1.82 bits per heavy atom. The first-order valence-corrected chi connectivity index (χ1v) is 10.3. The van der Waals surface area contributed by atoms with Gasteiger partial charge in [-0.3, -0.25) is 4.79 Å². The van der Waals surface area contributed by atoms with Crippen LogP contribution in [0.4, 0.5) is 0 Å². The number of benzene rings is 1. The van der Waals surface area contributed by atoms with Gasteiger partial charge in [-0.05, 0) is 61.5 Å². The molecule has 1 N–H and O–H groups in total. The van der Waals surface area contributed by atoms with Crippen LogP contribution in [0.25, 0.3) is 6.08 Å². The third kappa shape index (κ3) is 3.74. The van der Waals surface area contributed by atoms with E-state index in [2.05, 4.69) is 20.8 Å². The molecule has 4 nitrogen and oxygen atoms in total. The van der Waals surface area contributed by atoms with Gasteiger partial charge in [-0.25, -0.2) is 4.79 Å². The van der Waals surface area contributed by atoms with Gasteiger partial charge in [0.2, 0.25) is 0 Å². The fourth-order valence-electron chi connectivity index (χ4n) is 5.58. The highest BCUT2D eigenvalue weighted by molar-refractivity contribution is 5.87. The maximum atomic E-state index is 12.7. The number of ether oxygens (including phenoxy) is 1. The van der Waals surface area contributed by atoms with Crippen LogP contribution in [-0.2, 0) is 14.3 Å². The normalized spacial score (nSPS) is 35.1. The molecule has 3 rings (SSSR count). The first kappa shape index (κ1) is 20.6. The lowest BCUT2D eigenvalue weighted by molar-refractivity contribution is -0.176. The van der Waals surface area contributed by atoms with Gasteiger partial charge in [-0.15, -0.1) is 0 Å². The summed E-state index contributed by atoms with van der Waals surface area (Å²) in [6.45, 7) is 8.31. The summed E-state index contributed by atoms with van der Waals surface area (Å²) in [5.41, 5.74) is -0.00665. The summed E-state index contributed by atoms with van der Waals surface area (Å²) in [4.78, 5) is 24.9. The Morgan fingerprint density at radius 1 is 1.14 bits per heavy atom. The Balaban J connectivity index is 1.88. The van der Waals surface area contributed by atoms with Crippen molar-refractivity contribution < 1.29 is 19.4 Å². The van der Waals surface area contributed by atoms with Gasteiger partial charge in [0.1, 0.15) is 6.10 Å². The molecule has 5 unspecified atom stereocenters. The average molecular weight is 385 g/mol. The molecule has 4 heteroatoms. The maximum absolute atomic E-state index is 12.7. The molecule has 1 aromatic carbocycles. The molecular formula is C24H32O4. The molecule has 0 amide bonds. The molecule has 0 radical (unpaired) electrons. The van der Waals surface area contributed by atoms with Gasteiger partial charge < -0.3 is 9.84 Å². The molecule has 2 aliphatic carbocycles. The quantitative estimate of drug-likeness (QED) is 0.561. The molecule has 0 spiro atoms. The van der Waals surface area contributed by atoms with Crippen molar-refractivity contribution in [2.24, 2.45) is 28.6 Å². The van der Waals surface area contributed by atoms with Crippen LogP contribution in [0.2, 0.25) is 0 Å². The second-order valence-corrected chi connectivity index (χ2v) is 9.45. The number of fused-ring (bicyclic) bond motifs is 1. The highest BCUT2D eigenvalue weighted by Crippen LogP contribution is 2.62. The van der Waals surface area contributed by atoms with Crippen molar-refractivity contribution in [3.8, 4) is 0 Å². The van der Waals surface area contributed by atoms with Crippen LogP contribution < -0.4 is 0 Å². The van der Waals surface area contributed by atoms with Crippen molar-refractivity contribution in [3.63, 3.8) is 0 Å². The minimum Gasteiger partial charge on any atom is -0.481 e. The van der Waals surface area contributed by atoms with Crippen molar-refractivity contribution in [2.75, 3.05) is 0 Å². The summed E-state index contributed by atoms with van der Waals surface area (Å²) in [5, 5.41) is 10.0. The molecule has 5 atom stereocenters. The topological polar surface area (TPSA) is 63.6 Å². The number of hydrogen-bond acceptors (Lipinski definition) is 3. The zero-order valence-electron chi connectivity index (χ0n) is 17.4. The Bertz CT molecular complexity index is 753. The number of carbonyl (C=O) groups excluding carboxylic acids is 1. The number of hydrogen-bond donors (Lipinski definition) is 1. The molecule has 0 saturated heterocycles. The van der Waals surface area contributed by atoms with Crippen LogP contribution in [-0.4, -0.2) is 23.1 Å². The summed E-state index contributed by atoms with van der Waals surface area (Å²) in [7, 11) is 0. The second-order valence-electron chi connectivity index (χ2n) is 9.45. The predicted octanol–water partition coefficient (Wildman–Crippen LogP) is 5.18.